The molecule has 1 amide bonds. The minimum atomic E-state index is -0.110. The third-order valence-corrected chi connectivity index (χ3v) is 7.11. The van der Waals surface area contributed by atoms with Gasteiger partial charge in [-0.2, -0.15) is 5.10 Å². The van der Waals surface area contributed by atoms with Gasteiger partial charge in [-0.15, -0.1) is 22.7 Å². The summed E-state index contributed by atoms with van der Waals surface area (Å²) < 4.78 is 3.36. The Morgan fingerprint density at radius 3 is 2.70 bits per heavy atom. The number of hydrogen-bond donors (Lipinski definition) is 0. The number of thiophene rings is 2. The molecule has 5 aromatic rings. The normalized spacial score (nSPS) is 11.2. The lowest BCUT2D eigenvalue weighted by molar-refractivity contribution is -0.130. The maximum Gasteiger partial charge on any atom is 0.262 e. The van der Waals surface area contributed by atoms with Gasteiger partial charge < -0.3 is 4.90 Å². The molecule has 4 heterocycles. The summed E-state index contributed by atoms with van der Waals surface area (Å²) in [7, 11) is 1.78. The molecule has 0 radical (unpaired) electrons. The summed E-state index contributed by atoms with van der Waals surface area (Å²) in [6, 6.07) is 15.7. The summed E-state index contributed by atoms with van der Waals surface area (Å²) in [6.07, 6.45) is 3.72. The quantitative estimate of drug-likeness (QED) is 0.349. The molecule has 0 saturated heterocycles. The lowest BCUT2D eigenvalue weighted by Gasteiger charge is -2.17. The first-order valence-corrected chi connectivity index (χ1v) is 12.2. The number of hydrogen-bond acceptors (Lipinski definition) is 6. The van der Waals surface area contributed by atoms with E-state index in [-0.39, 0.29) is 17.9 Å². The molecule has 0 atom stereocenters. The van der Waals surface area contributed by atoms with Crippen LogP contribution >= 0.6 is 22.7 Å². The van der Waals surface area contributed by atoms with E-state index in [4.69, 9.17) is 5.10 Å². The molecule has 33 heavy (non-hydrogen) atoms. The van der Waals surface area contributed by atoms with E-state index in [1.807, 2.05) is 64.1 Å². The zero-order valence-electron chi connectivity index (χ0n) is 17.9. The van der Waals surface area contributed by atoms with Crippen molar-refractivity contribution in [2.75, 3.05) is 7.05 Å². The number of carbonyl (C=O) groups excluding carboxylic acids is 1. The molecule has 0 fully saturated rings. The molecule has 0 aliphatic heterocycles. The number of carbonyl (C=O) groups is 1. The smallest absolute Gasteiger partial charge is 0.262 e. The summed E-state index contributed by atoms with van der Waals surface area (Å²) in [5, 5.41) is 9.27. The third-order valence-electron chi connectivity index (χ3n) is 5.42. The Morgan fingerprint density at radius 2 is 1.91 bits per heavy atom. The number of rotatable bonds is 7. The molecule has 0 unspecified atom stereocenters. The van der Waals surface area contributed by atoms with Crippen molar-refractivity contribution >= 4 is 38.8 Å². The van der Waals surface area contributed by atoms with Gasteiger partial charge in [0.15, 0.2) is 0 Å². The van der Waals surface area contributed by atoms with Crippen LogP contribution in [0.25, 0.3) is 26.5 Å². The Labute approximate surface area is 198 Å². The van der Waals surface area contributed by atoms with Gasteiger partial charge in [0.05, 0.1) is 22.3 Å². The fourth-order valence-electron chi connectivity index (χ4n) is 3.66. The average Bonchev–Trinajstić information content (AvgIpc) is 3.59. The molecule has 5 rings (SSSR count). The molecule has 7 nitrogen and oxygen atoms in total. The molecule has 9 heteroatoms. The minimum Gasteiger partial charge on any atom is -0.341 e. The molecule has 0 saturated carbocycles. The van der Waals surface area contributed by atoms with E-state index >= 15 is 0 Å². The van der Waals surface area contributed by atoms with Crippen molar-refractivity contribution in [2.24, 2.45) is 0 Å². The molecule has 0 bridgehead atoms. The number of fused-ring (bicyclic) bond motifs is 1. The van der Waals surface area contributed by atoms with Crippen molar-refractivity contribution in [2.45, 2.75) is 19.5 Å². The number of aryl methyl sites for hydroxylation is 1. The highest BCUT2D eigenvalue weighted by atomic mass is 32.1. The van der Waals surface area contributed by atoms with E-state index < -0.39 is 0 Å². The molecule has 0 aliphatic rings. The predicted octanol–water partition coefficient (Wildman–Crippen LogP) is 4.42. The maximum atomic E-state index is 12.9. The van der Waals surface area contributed by atoms with E-state index in [1.54, 1.807) is 29.4 Å². The molecule has 0 spiro atoms. The zero-order valence-corrected chi connectivity index (χ0v) is 19.6. The Morgan fingerprint density at radius 1 is 1.06 bits per heavy atom. The summed E-state index contributed by atoms with van der Waals surface area (Å²) >= 11 is 3.06. The second-order valence-corrected chi connectivity index (χ2v) is 9.48. The van der Waals surface area contributed by atoms with Crippen molar-refractivity contribution in [1.82, 2.24) is 24.2 Å². The van der Waals surface area contributed by atoms with Gasteiger partial charge in [-0.05, 0) is 35.0 Å². The minimum absolute atomic E-state index is 0.0445. The van der Waals surface area contributed by atoms with Crippen LogP contribution in [0.15, 0.2) is 76.6 Å². The SMILES string of the molecule is CN(Cc1cn(-c2ccccc2)nc1-c1cccs1)C(=O)CCn1cnc2sccc2c1=O. The van der Waals surface area contributed by atoms with Crippen LogP contribution in [0.2, 0.25) is 0 Å². The lowest BCUT2D eigenvalue weighted by Crippen LogP contribution is -2.29. The zero-order chi connectivity index (χ0) is 22.8. The van der Waals surface area contributed by atoms with Crippen LogP contribution in [-0.4, -0.2) is 37.2 Å². The number of nitrogens with zero attached hydrogens (tertiary/aromatic N) is 5. The largest absolute Gasteiger partial charge is 0.341 e. The number of para-hydroxylation sites is 1. The molecule has 0 N–H and O–H groups in total. The van der Waals surface area contributed by atoms with Crippen LogP contribution < -0.4 is 5.56 Å². The van der Waals surface area contributed by atoms with Crippen molar-refractivity contribution in [3.63, 3.8) is 0 Å². The van der Waals surface area contributed by atoms with E-state index in [2.05, 4.69) is 4.98 Å². The molecular weight excluding hydrogens is 454 g/mol. The standard InChI is InChI=1S/C24H21N5O2S2/c1-27(21(30)9-11-28-16-25-23-19(24(28)31)10-13-33-23)14-17-15-29(18-6-3-2-4-7-18)26-22(17)20-8-5-12-32-20/h2-8,10,12-13,15-16H,9,11,14H2,1H3. The molecule has 4 aromatic heterocycles. The Balaban J connectivity index is 1.33. The highest BCUT2D eigenvalue weighted by Gasteiger charge is 2.18. The van der Waals surface area contributed by atoms with Gasteiger partial charge in [-0.25, -0.2) is 9.67 Å². The van der Waals surface area contributed by atoms with Gasteiger partial charge in [0.2, 0.25) is 5.91 Å². The van der Waals surface area contributed by atoms with Crippen LogP contribution in [0.1, 0.15) is 12.0 Å². The van der Waals surface area contributed by atoms with Crippen LogP contribution in [0.4, 0.5) is 0 Å². The average molecular weight is 476 g/mol. The van der Waals surface area contributed by atoms with Crippen molar-refractivity contribution in [3.8, 4) is 16.3 Å². The van der Waals surface area contributed by atoms with E-state index in [0.717, 1.165) is 26.7 Å². The highest BCUT2D eigenvalue weighted by molar-refractivity contribution is 7.16. The Bertz CT molecular complexity index is 1450. The summed E-state index contributed by atoms with van der Waals surface area (Å²) in [5.41, 5.74) is 2.69. The fourth-order valence-corrected chi connectivity index (χ4v) is 5.13. The fraction of sp³-hybridized carbons (Fsp3) is 0.167. The first-order chi connectivity index (χ1) is 16.1. The van der Waals surface area contributed by atoms with Gasteiger partial charge in [0.25, 0.3) is 5.56 Å². The van der Waals surface area contributed by atoms with Crippen molar-refractivity contribution < 1.29 is 4.79 Å². The number of benzene rings is 1. The second-order valence-electron chi connectivity index (χ2n) is 7.64. The van der Waals surface area contributed by atoms with Gasteiger partial charge in [0, 0.05) is 38.3 Å². The summed E-state index contributed by atoms with van der Waals surface area (Å²) in [4.78, 5) is 33.2. The van der Waals surface area contributed by atoms with Crippen LogP contribution in [0, 0.1) is 0 Å². The molecule has 0 aliphatic carbocycles. The molecular formula is C24H21N5O2S2. The van der Waals surface area contributed by atoms with Gasteiger partial charge in [-0.3, -0.25) is 14.2 Å². The lowest BCUT2D eigenvalue weighted by atomic mass is 10.2. The Kier molecular flexibility index (Phi) is 5.89. The summed E-state index contributed by atoms with van der Waals surface area (Å²) in [5.74, 6) is -0.0445. The molecule has 1 aromatic carbocycles. The second kappa shape index (κ2) is 9.13. The third kappa shape index (κ3) is 4.37. The monoisotopic (exact) mass is 475 g/mol. The van der Waals surface area contributed by atoms with Crippen LogP contribution in [0.5, 0.6) is 0 Å². The topological polar surface area (TPSA) is 73.0 Å². The molecule has 166 valence electrons. The van der Waals surface area contributed by atoms with Gasteiger partial charge in [-0.1, -0.05) is 24.3 Å². The first kappa shape index (κ1) is 21.3. The van der Waals surface area contributed by atoms with Crippen molar-refractivity contribution in [1.29, 1.82) is 0 Å². The highest BCUT2D eigenvalue weighted by Crippen LogP contribution is 2.28. The van der Waals surface area contributed by atoms with Gasteiger partial charge >= 0.3 is 0 Å². The van der Waals surface area contributed by atoms with Gasteiger partial charge in [0.1, 0.15) is 10.5 Å². The predicted molar refractivity (Wildman–Crippen MR) is 132 cm³/mol. The van der Waals surface area contributed by atoms with Crippen LogP contribution in [-0.2, 0) is 17.9 Å². The van der Waals surface area contributed by atoms with Crippen molar-refractivity contribution in [3.05, 3.63) is 87.7 Å². The van der Waals surface area contributed by atoms with E-state index in [9.17, 15) is 9.59 Å². The number of amides is 1. The Hall–Kier alpha value is -3.56. The van der Waals surface area contributed by atoms with E-state index in [1.165, 1.54) is 22.2 Å². The summed E-state index contributed by atoms with van der Waals surface area (Å²) in [6.45, 7) is 0.720. The van der Waals surface area contributed by atoms with E-state index in [0.29, 0.717) is 18.5 Å². The number of aromatic nitrogens is 4. The first-order valence-electron chi connectivity index (χ1n) is 10.4. The maximum absolute atomic E-state index is 12.9. The van der Waals surface area contributed by atoms with Crippen LogP contribution in [0.3, 0.4) is 0 Å².